The first-order chi connectivity index (χ1) is 8.36. The van der Waals surface area contributed by atoms with Crippen LogP contribution in [0.5, 0.6) is 0 Å². The molecule has 3 rings (SSSR count). The smallest absolute Gasteiger partial charge is 0.157 e. The molecule has 0 spiro atoms. The van der Waals surface area contributed by atoms with Crippen LogP contribution in [-0.2, 0) is 4.74 Å². The summed E-state index contributed by atoms with van der Waals surface area (Å²) in [5.41, 5.74) is 1.50. The van der Waals surface area contributed by atoms with Crippen LogP contribution in [0.4, 0.5) is 0 Å². The Morgan fingerprint density at radius 2 is 2.35 bits per heavy atom. The van der Waals surface area contributed by atoms with E-state index in [-0.39, 0.29) is 6.10 Å². The minimum absolute atomic E-state index is 0.0325. The molecule has 1 aliphatic rings. The summed E-state index contributed by atoms with van der Waals surface area (Å²) in [6.45, 7) is 0.788. The second kappa shape index (κ2) is 4.22. The van der Waals surface area contributed by atoms with Gasteiger partial charge in [0, 0.05) is 23.8 Å². The Balaban J connectivity index is 2.03. The lowest BCUT2D eigenvalue weighted by atomic mass is 10.1. The van der Waals surface area contributed by atoms with Crippen molar-refractivity contribution in [2.24, 2.45) is 0 Å². The van der Waals surface area contributed by atoms with Gasteiger partial charge in [0.15, 0.2) is 5.82 Å². The molecule has 1 saturated heterocycles. The highest BCUT2D eigenvalue weighted by Gasteiger charge is 2.20. The van der Waals surface area contributed by atoms with E-state index in [0.717, 1.165) is 42.5 Å². The molecule has 0 amide bonds. The van der Waals surface area contributed by atoms with Gasteiger partial charge in [-0.3, -0.25) is 4.79 Å². The van der Waals surface area contributed by atoms with Crippen molar-refractivity contribution < 1.29 is 9.53 Å². The number of aromatic nitrogens is 2. The zero-order valence-corrected chi connectivity index (χ0v) is 9.30. The van der Waals surface area contributed by atoms with Crippen LogP contribution >= 0.6 is 0 Å². The number of nitrogens with zero attached hydrogens (tertiary/aromatic N) is 2. The van der Waals surface area contributed by atoms with Crippen LogP contribution in [-0.4, -0.2) is 22.9 Å². The first-order valence-corrected chi connectivity index (χ1v) is 5.70. The number of fused-ring (bicyclic) bond motifs is 1. The van der Waals surface area contributed by atoms with E-state index >= 15 is 0 Å². The van der Waals surface area contributed by atoms with Crippen LogP contribution in [0.25, 0.3) is 10.9 Å². The fourth-order valence-corrected chi connectivity index (χ4v) is 2.08. The van der Waals surface area contributed by atoms with Gasteiger partial charge in [-0.1, -0.05) is 0 Å². The van der Waals surface area contributed by atoms with Crippen molar-refractivity contribution in [2.75, 3.05) is 6.61 Å². The Labute approximate surface area is 98.6 Å². The molecule has 1 aromatic carbocycles. The first kappa shape index (κ1) is 10.4. The van der Waals surface area contributed by atoms with Crippen molar-refractivity contribution in [3.05, 3.63) is 35.8 Å². The highest BCUT2D eigenvalue weighted by Crippen LogP contribution is 2.26. The maximum Gasteiger partial charge on any atom is 0.157 e. The standard InChI is InChI=1S/C13H12N2O2/c16-8-9-3-4-11-10(6-9)7-14-13(15-11)12-2-1-5-17-12/h3-4,6-8,12H,1-2,5H2. The first-order valence-electron chi connectivity index (χ1n) is 5.70. The van der Waals surface area contributed by atoms with Crippen molar-refractivity contribution in [3.63, 3.8) is 0 Å². The maximum absolute atomic E-state index is 10.7. The van der Waals surface area contributed by atoms with Crippen molar-refractivity contribution in [3.8, 4) is 0 Å². The number of hydrogen-bond acceptors (Lipinski definition) is 4. The summed E-state index contributed by atoms with van der Waals surface area (Å²) in [7, 11) is 0. The number of aldehydes is 1. The third kappa shape index (κ3) is 1.91. The summed E-state index contributed by atoms with van der Waals surface area (Å²) in [5.74, 6) is 0.744. The fraction of sp³-hybridized carbons (Fsp3) is 0.308. The molecule has 2 aromatic rings. The molecule has 4 nitrogen and oxygen atoms in total. The molecule has 0 bridgehead atoms. The van der Waals surface area contributed by atoms with Gasteiger partial charge in [0.05, 0.1) is 5.52 Å². The Bertz CT molecular complexity index is 562. The molecule has 0 aliphatic carbocycles. The highest BCUT2D eigenvalue weighted by atomic mass is 16.5. The summed E-state index contributed by atoms with van der Waals surface area (Å²) in [5, 5.41) is 0.886. The van der Waals surface area contributed by atoms with E-state index in [1.165, 1.54) is 0 Å². The molecule has 0 saturated carbocycles. The van der Waals surface area contributed by atoms with E-state index in [4.69, 9.17) is 4.74 Å². The maximum atomic E-state index is 10.7. The molecule has 1 unspecified atom stereocenters. The van der Waals surface area contributed by atoms with Gasteiger partial charge in [-0.15, -0.1) is 0 Å². The molecule has 4 heteroatoms. The van der Waals surface area contributed by atoms with Crippen LogP contribution in [0.1, 0.15) is 35.1 Å². The second-order valence-electron chi connectivity index (χ2n) is 4.17. The highest BCUT2D eigenvalue weighted by molar-refractivity contribution is 5.86. The molecule has 17 heavy (non-hydrogen) atoms. The van der Waals surface area contributed by atoms with Crippen LogP contribution in [0, 0.1) is 0 Å². The summed E-state index contributed by atoms with van der Waals surface area (Å²) in [6, 6.07) is 5.41. The van der Waals surface area contributed by atoms with Gasteiger partial charge in [-0.05, 0) is 31.0 Å². The Kier molecular flexibility index (Phi) is 2.57. The van der Waals surface area contributed by atoms with Gasteiger partial charge in [-0.25, -0.2) is 9.97 Å². The predicted molar refractivity (Wildman–Crippen MR) is 62.9 cm³/mol. The van der Waals surface area contributed by atoms with Crippen LogP contribution in [0.15, 0.2) is 24.4 Å². The van der Waals surface area contributed by atoms with E-state index in [9.17, 15) is 4.79 Å². The van der Waals surface area contributed by atoms with E-state index in [1.54, 1.807) is 18.3 Å². The van der Waals surface area contributed by atoms with E-state index < -0.39 is 0 Å². The van der Waals surface area contributed by atoms with Gasteiger partial charge < -0.3 is 4.74 Å². The quantitative estimate of drug-likeness (QED) is 0.740. The van der Waals surface area contributed by atoms with Gasteiger partial charge in [0.25, 0.3) is 0 Å². The minimum atomic E-state index is 0.0325. The Morgan fingerprint density at radius 1 is 1.41 bits per heavy atom. The van der Waals surface area contributed by atoms with E-state index in [1.807, 2.05) is 6.07 Å². The number of ether oxygens (including phenoxy) is 1. The molecule has 1 fully saturated rings. The summed E-state index contributed by atoms with van der Waals surface area (Å²) >= 11 is 0. The van der Waals surface area contributed by atoms with Crippen LogP contribution < -0.4 is 0 Å². The summed E-state index contributed by atoms with van der Waals surface area (Å²) in [4.78, 5) is 19.5. The molecule has 0 N–H and O–H groups in total. The normalized spacial score (nSPS) is 19.6. The lowest BCUT2D eigenvalue weighted by molar-refractivity contribution is 0.105. The van der Waals surface area contributed by atoms with Gasteiger partial charge in [-0.2, -0.15) is 0 Å². The average molecular weight is 228 g/mol. The zero-order chi connectivity index (χ0) is 11.7. The number of carbonyl (C=O) groups is 1. The van der Waals surface area contributed by atoms with Crippen LogP contribution in [0.2, 0.25) is 0 Å². The molecule has 86 valence electrons. The zero-order valence-electron chi connectivity index (χ0n) is 9.30. The Morgan fingerprint density at radius 3 is 3.12 bits per heavy atom. The minimum Gasteiger partial charge on any atom is -0.370 e. The molecule has 0 radical (unpaired) electrons. The summed E-state index contributed by atoms with van der Waals surface area (Å²) < 4.78 is 5.55. The van der Waals surface area contributed by atoms with Crippen molar-refractivity contribution in [1.82, 2.24) is 9.97 Å². The lowest BCUT2D eigenvalue weighted by Gasteiger charge is -2.08. The number of benzene rings is 1. The number of hydrogen-bond donors (Lipinski definition) is 0. The largest absolute Gasteiger partial charge is 0.370 e. The van der Waals surface area contributed by atoms with Gasteiger partial charge >= 0.3 is 0 Å². The predicted octanol–water partition coefficient (Wildman–Crippen LogP) is 2.29. The van der Waals surface area contributed by atoms with Crippen LogP contribution in [0.3, 0.4) is 0 Å². The summed E-state index contributed by atoms with van der Waals surface area (Å²) in [6.07, 6.45) is 4.67. The van der Waals surface area contributed by atoms with Gasteiger partial charge in [0.1, 0.15) is 12.4 Å². The fourth-order valence-electron chi connectivity index (χ4n) is 2.08. The monoisotopic (exact) mass is 228 g/mol. The third-order valence-electron chi connectivity index (χ3n) is 2.98. The topological polar surface area (TPSA) is 52.1 Å². The molecular weight excluding hydrogens is 216 g/mol. The molecule has 2 heterocycles. The van der Waals surface area contributed by atoms with E-state index in [0.29, 0.717) is 5.56 Å². The Hall–Kier alpha value is -1.81. The average Bonchev–Trinajstić information content (AvgIpc) is 2.91. The van der Waals surface area contributed by atoms with Crippen molar-refractivity contribution >= 4 is 17.2 Å². The molecule has 1 aromatic heterocycles. The second-order valence-corrected chi connectivity index (χ2v) is 4.17. The van der Waals surface area contributed by atoms with Crippen molar-refractivity contribution in [2.45, 2.75) is 18.9 Å². The van der Waals surface area contributed by atoms with E-state index in [2.05, 4.69) is 9.97 Å². The number of carbonyl (C=O) groups excluding carboxylic acids is 1. The SMILES string of the molecule is O=Cc1ccc2nc(C3CCCO3)ncc2c1. The lowest BCUT2D eigenvalue weighted by Crippen LogP contribution is -2.02. The molecular formula is C13H12N2O2. The molecule has 1 aliphatic heterocycles. The van der Waals surface area contributed by atoms with Crippen molar-refractivity contribution in [1.29, 1.82) is 0 Å². The molecule has 1 atom stereocenters. The van der Waals surface area contributed by atoms with Gasteiger partial charge in [0.2, 0.25) is 0 Å². The third-order valence-corrected chi connectivity index (χ3v) is 2.98. The number of rotatable bonds is 2.